The maximum absolute atomic E-state index is 13.8. The Hall–Kier alpha value is -3.29. The molecule has 0 radical (unpaired) electrons. The number of carbonyl (C=O) groups is 3. The summed E-state index contributed by atoms with van der Waals surface area (Å²) in [6.07, 6.45) is 1.56. The molecule has 0 spiro atoms. The van der Waals surface area contributed by atoms with Gasteiger partial charge in [-0.05, 0) is 60.2 Å². The summed E-state index contributed by atoms with van der Waals surface area (Å²) in [5, 5.41) is 7.53. The second-order valence-electron chi connectivity index (χ2n) is 7.03. The number of benzene rings is 2. The molecule has 2 fully saturated rings. The van der Waals surface area contributed by atoms with Crippen LogP contribution in [0, 0.1) is 17.6 Å². The van der Waals surface area contributed by atoms with E-state index in [0.29, 0.717) is 11.1 Å². The van der Waals surface area contributed by atoms with Crippen LogP contribution in [0.2, 0.25) is 0 Å². The highest BCUT2D eigenvalue weighted by Gasteiger charge is 2.56. The number of hydrogen-bond donors (Lipinski definition) is 3. The number of nitrogens with one attached hydrogen (secondary N) is 3. The van der Waals surface area contributed by atoms with Gasteiger partial charge in [-0.1, -0.05) is 12.1 Å². The number of amides is 4. The molecule has 2 aromatic carbocycles. The van der Waals surface area contributed by atoms with Gasteiger partial charge in [0.05, 0.1) is 6.54 Å². The maximum Gasteiger partial charge on any atom is 0.322 e. The number of urea groups is 1. The Bertz CT molecular complexity index is 973. The van der Waals surface area contributed by atoms with Crippen LogP contribution < -0.4 is 16.0 Å². The Labute approximate surface area is 159 Å². The summed E-state index contributed by atoms with van der Waals surface area (Å²) >= 11 is 0. The predicted octanol–water partition coefficient (Wildman–Crippen LogP) is 2.35. The lowest BCUT2D eigenvalue weighted by Gasteiger charge is -2.26. The summed E-state index contributed by atoms with van der Waals surface area (Å²) in [7, 11) is 0. The fraction of sp³-hybridized carbons (Fsp3) is 0.250. The van der Waals surface area contributed by atoms with Crippen LogP contribution in [0.15, 0.2) is 42.5 Å². The molecule has 1 aliphatic carbocycles. The fourth-order valence-corrected chi connectivity index (χ4v) is 3.54. The lowest BCUT2D eigenvalue weighted by atomic mass is 9.92. The van der Waals surface area contributed by atoms with E-state index < -0.39 is 35.0 Å². The fourth-order valence-electron chi connectivity index (χ4n) is 3.54. The Balaban J connectivity index is 1.59. The van der Waals surface area contributed by atoms with Gasteiger partial charge in [-0.25, -0.2) is 13.6 Å². The van der Waals surface area contributed by atoms with Gasteiger partial charge in [0, 0.05) is 5.56 Å². The molecular weight excluding hydrogens is 368 g/mol. The first-order valence-corrected chi connectivity index (χ1v) is 8.86. The van der Waals surface area contributed by atoms with Gasteiger partial charge in [-0.2, -0.15) is 0 Å². The minimum Gasteiger partial charge on any atom is -0.349 e. The number of imide groups is 1. The zero-order chi connectivity index (χ0) is 19.9. The average molecular weight is 385 g/mol. The van der Waals surface area contributed by atoms with Crippen molar-refractivity contribution >= 4 is 17.8 Å². The van der Waals surface area contributed by atoms with Crippen molar-refractivity contribution in [3.63, 3.8) is 0 Å². The highest BCUT2D eigenvalue weighted by molar-refractivity contribution is 6.08. The third kappa shape index (κ3) is 3.21. The second kappa shape index (κ2) is 6.70. The molecule has 1 saturated carbocycles. The minimum atomic E-state index is -1.16. The third-order valence-corrected chi connectivity index (χ3v) is 5.15. The van der Waals surface area contributed by atoms with Crippen molar-refractivity contribution in [1.29, 1.82) is 0 Å². The Morgan fingerprint density at radius 2 is 1.75 bits per heavy atom. The molecule has 1 atom stereocenters. The number of halogens is 2. The van der Waals surface area contributed by atoms with Crippen LogP contribution in [-0.4, -0.2) is 29.9 Å². The first-order chi connectivity index (χ1) is 13.4. The van der Waals surface area contributed by atoms with Crippen molar-refractivity contribution in [2.45, 2.75) is 18.4 Å². The van der Waals surface area contributed by atoms with Crippen LogP contribution in [-0.2, 0) is 4.79 Å². The molecule has 4 rings (SSSR count). The molecule has 2 aromatic rings. The Morgan fingerprint density at radius 3 is 2.36 bits per heavy atom. The Kier molecular flexibility index (Phi) is 4.33. The summed E-state index contributed by atoms with van der Waals surface area (Å²) in [6, 6.07) is 8.46. The molecule has 4 amide bonds. The van der Waals surface area contributed by atoms with Gasteiger partial charge < -0.3 is 10.6 Å². The largest absolute Gasteiger partial charge is 0.349 e. The second-order valence-corrected chi connectivity index (χ2v) is 7.03. The topological polar surface area (TPSA) is 87.3 Å². The van der Waals surface area contributed by atoms with Crippen LogP contribution in [0.3, 0.4) is 0 Å². The van der Waals surface area contributed by atoms with E-state index in [9.17, 15) is 23.2 Å². The van der Waals surface area contributed by atoms with Gasteiger partial charge in [0.2, 0.25) is 0 Å². The third-order valence-electron chi connectivity index (χ3n) is 5.15. The van der Waals surface area contributed by atoms with Crippen molar-refractivity contribution in [3.05, 3.63) is 59.7 Å². The average Bonchev–Trinajstić information content (AvgIpc) is 3.47. The van der Waals surface area contributed by atoms with Crippen molar-refractivity contribution in [3.8, 4) is 11.1 Å². The van der Waals surface area contributed by atoms with E-state index in [2.05, 4.69) is 16.0 Å². The summed E-state index contributed by atoms with van der Waals surface area (Å²) in [4.78, 5) is 36.7. The molecule has 1 aliphatic heterocycles. The van der Waals surface area contributed by atoms with Gasteiger partial charge in [0.25, 0.3) is 11.8 Å². The van der Waals surface area contributed by atoms with Crippen molar-refractivity contribution in [2.24, 2.45) is 5.92 Å². The molecule has 2 aliphatic rings. The van der Waals surface area contributed by atoms with Gasteiger partial charge in [-0.15, -0.1) is 0 Å². The molecule has 0 unspecified atom stereocenters. The monoisotopic (exact) mass is 385 g/mol. The zero-order valence-corrected chi connectivity index (χ0v) is 14.7. The van der Waals surface area contributed by atoms with Gasteiger partial charge in [0.1, 0.15) is 17.2 Å². The molecule has 0 aromatic heterocycles. The highest BCUT2D eigenvalue weighted by Crippen LogP contribution is 2.41. The maximum atomic E-state index is 13.8. The molecule has 1 heterocycles. The normalized spacial score (nSPS) is 21.2. The number of carbonyl (C=O) groups excluding carboxylic acids is 3. The van der Waals surface area contributed by atoms with Crippen LogP contribution in [0.4, 0.5) is 13.6 Å². The van der Waals surface area contributed by atoms with Crippen molar-refractivity contribution in [1.82, 2.24) is 16.0 Å². The lowest BCUT2D eigenvalue weighted by molar-refractivity contribution is -0.124. The van der Waals surface area contributed by atoms with Crippen LogP contribution in [0.5, 0.6) is 0 Å². The SMILES string of the molecule is O=C1NC(=O)[C@](CNC(=O)c2ccc(F)cc2-c2ccc(F)cc2)(C2CC2)N1. The molecule has 28 heavy (non-hydrogen) atoms. The lowest BCUT2D eigenvalue weighted by Crippen LogP contribution is -2.57. The molecule has 0 bridgehead atoms. The van der Waals surface area contributed by atoms with Crippen molar-refractivity contribution < 1.29 is 23.2 Å². The molecule has 8 heteroatoms. The van der Waals surface area contributed by atoms with Crippen LogP contribution >= 0.6 is 0 Å². The van der Waals surface area contributed by atoms with E-state index in [0.717, 1.165) is 18.9 Å². The molecule has 3 N–H and O–H groups in total. The molecular formula is C20H17F2N3O3. The van der Waals surface area contributed by atoms with E-state index in [-0.39, 0.29) is 18.0 Å². The zero-order valence-electron chi connectivity index (χ0n) is 14.7. The summed E-state index contributed by atoms with van der Waals surface area (Å²) < 4.78 is 27.0. The standard InChI is InChI=1S/C20H17F2N3O3/c21-13-5-1-11(2-6-13)16-9-14(22)7-8-15(16)17(26)23-10-20(12-3-4-12)18(27)24-19(28)25-20/h1-2,5-9,12H,3-4,10H2,(H,23,26)(H2,24,25,27,28)/t20-/m0/s1. The van der Waals surface area contributed by atoms with Crippen LogP contribution in [0.1, 0.15) is 23.2 Å². The Morgan fingerprint density at radius 1 is 1.07 bits per heavy atom. The van der Waals surface area contributed by atoms with E-state index in [4.69, 9.17) is 0 Å². The molecule has 1 saturated heterocycles. The van der Waals surface area contributed by atoms with Crippen molar-refractivity contribution in [2.75, 3.05) is 6.54 Å². The first kappa shape index (κ1) is 18.1. The minimum absolute atomic E-state index is 0.0379. The summed E-state index contributed by atoms with van der Waals surface area (Å²) in [6.45, 7) is -0.0751. The van der Waals surface area contributed by atoms with Gasteiger partial charge in [-0.3, -0.25) is 14.9 Å². The van der Waals surface area contributed by atoms with E-state index in [1.165, 1.54) is 36.4 Å². The quantitative estimate of drug-likeness (QED) is 0.691. The first-order valence-electron chi connectivity index (χ1n) is 8.86. The highest BCUT2D eigenvalue weighted by atomic mass is 19.1. The number of hydrogen-bond acceptors (Lipinski definition) is 3. The van der Waals surface area contributed by atoms with Crippen LogP contribution in [0.25, 0.3) is 11.1 Å². The van der Waals surface area contributed by atoms with Gasteiger partial charge in [0.15, 0.2) is 0 Å². The summed E-state index contributed by atoms with van der Waals surface area (Å²) in [5.74, 6) is -2.00. The number of rotatable bonds is 5. The smallest absolute Gasteiger partial charge is 0.322 e. The summed E-state index contributed by atoms with van der Waals surface area (Å²) in [5.41, 5.74) is -0.195. The van der Waals surface area contributed by atoms with E-state index in [1.54, 1.807) is 0 Å². The predicted molar refractivity (Wildman–Crippen MR) is 96.3 cm³/mol. The van der Waals surface area contributed by atoms with E-state index in [1.807, 2.05) is 0 Å². The molecule has 144 valence electrons. The molecule has 6 nitrogen and oxygen atoms in total. The van der Waals surface area contributed by atoms with E-state index >= 15 is 0 Å². The van der Waals surface area contributed by atoms with Gasteiger partial charge >= 0.3 is 6.03 Å².